The van der Waals surface area contributed by atoms with Crippen LogP contribution in [0.2, 0.25) is 0 Å². The van der Waals surface area contributed by atoms with Crippen LogP contribution in [0, 0.1) is 12.7 Å². The minimum atomic E-state index is -4.36. The lowest BCUT2D eigenvalue weighted by Gasteiger charge is -2.12. The summed E-state index contributed by atoms with van der Waals surface area (Å²) in [5.74, 6) is -2.76. The van der Waals surface area contributed by atoms with Crippen molar-refractivity contribution in [3.8, 4) is 0 Å². The molecule has 0 bridgehead atoms. The fourth-order valence-electron chi connectivity index (χ4n) is 1.41. The third-order valence-corrected chi connectivity index (χ3v) is 3.95. The van der Waals surface area contributed by atoms with Gasteiger partial charge in [0.15, 0.2) is 0 Å². The monoisotopic (exact) mass is 327 g/mol. The lowest BCUT2D eigenvalue weighted by molar-refractivity contribution is -0.000452. The number of aromatic carboxylic acids is 1. The fraction of sp³-hybridized carbons (Fsp3) is 0.364. The van der Waals surface area contributed by atoms with Crippen LogP contribution in [0.4, 0.5) is 13.2 Å². The lowest BCUT2D eigenvalue weighted by atomic mass is 10.1. The minimum Gasteiger partial charge on any atom is -0.478 e. The van der Waals surface area contributed by atoms with E-state index in [2.05, 4.69) is 0 Å². The molecule has 1 rings (SSSR count). The summed E-state index contributed by atoms with van der Waals surface area (Å²) >= 11 is 0. The smallest absolute Gasteiger partial charge is 0.338 e. The molecule has 3 N–H and O–H groups in total. The molecule has 118 valence electrons. The van der Waals surface area contributed by atoms with Crippen LogP contribution < -0.4 is 4.72 Å². The van der Waals surface area contributed by atoms with Crippen LogP contribution in [0.5, 0.6) is 0 Å². The van der Waals surface area contributed by atoms with Gasteiger partial charge in [0, 0.05) is 6.54 Å². The molecule has 0 fully saturated rings. The Hall–Kier alpha value is -1.65. The van der Waals surface area contributed by atoms with Crippen molar-refractivity contribution < 1.29 is 36.6 Å². The first-order chi connectivity index (χ1) is 9.56. The number of halogens is 3. The van der Waals surface area contributed by atoms with E-state index in [0.717, 1.165) is 13.0 Å². The summed E-state index contributed by atoms with van der Waals surface area (Å²) in [6, 6.07) is 1.43. The number of benzene rings is 1. The summed E-state index contributed by atoms with van der Waals surface area (Å²) in [5, 5.41) is 17.6. The maximum absolute atomic E-state index is 13.5. The summed E-state index contributed by atoms with van der Waals surface area (Å²) in [6.07, 6.45) is -5.35. The molecule has 0 saturated carbocycles. The third-order valence-electron chi connectivity index (χ3n) is 2.54. The molecule has 0 radical (unpaired) electrons. The number of carbonyl (C=O) groups is 1. The molecule has 0 aliphatic heterocycles. The molecule has 0 heterocycles. The molecule has 0 spiro atoms. The topological polar surface area (TPSA) is 104 Å². The highest BCUT2D eigenvalue weighted by Gasteiger charge is 2.24. The fourth-order valence-corrected chi connectivity index (χ4v) is 2.58. The van der Waals surface area contributed by atoms with Crippen LogP contribution >= 0.6 is 0 Å². The van der Waals surface area contributed by atoms with Crippen molar-refractivity contribution in [2.45, 2.75) is 24.3 Å². The quantitative estimate of drug-likeness (QED) is 0.715. The standard InChI is InChI=1S/C11H12F3NO5S/c1-5-2-6(3-7(9(5)12)11(17)18)21(19,20)15-4-8(16)10(13)14/h2-3,8,10,15-16H,4H2,1H3,(H,17,18). The second kappa shape index (κ2) is 6.41. The highest BCUT2D eigenvalue weighted by Crippen LogP contribution is 2.19. The summed E-state index contributed by atoms with van der Waals surface area (Å²) in [4.78, 5) is 10.2. The maximum Gasteiger partial charge on any atom is 0.338 e. The number of alkyl halides is 2. The van der Waals surface area contributed by atoms with Crippen molar-refractivity contribution in [2.75, 3.05) is 6.54 Å². The molecule has 0 saturated heterocycles. The second-order valence-corrected chi connectivity index (χ2v) is 5.93. The van der Waals surface area contributed by atoms with Gasteiger partial charge in [0.25, 0.3) is 6.43 Å². The molecule has 0 aliphatic rings. The normalized spacial score (nSPS) is 13.4. The Labute approximate surface area is 118 Å². The molecule has 1 aromatic rings. The molecule has 0 amide bonds. The number of carboxylic acid groups (broad SMARTS) is 1. The van der Waals surface area contributed by atoms with Crippen LogP contribution in [0.1, 0.15) is 15.9 Å². The zero-order chi connectivity index (χ0) is 16.4. The average Bonchev–Trinajstić information content (AvgIpc) is 2.38. The van der Waals surface area contributed by atoms with E-state index in [4.69, 9.17) is 10.2 Å². The number of nitrogens with one attached hydrogen (secondary N) is 1. The number of aryl methyl sites for hydroxylation is 1. The number of aliphatic hydroxyl groups is 1. The van der Waals surface area contributed by atoms with Crippen LogP contribution in [0.15, 0.2) is 17.0 Å². The number of hydrogen-bond donors (Lipinski definition) is 3. The van der Waals surface area contributed by atoms with E-state index >= 15 is 0 Å². The average molecular weight is 327 g/mol. The van der Waals surface area contributed by atoms with Gasteiger partial charge in [-0.05, 0) is 24.6 Å². The maximum atomic E-state index is 13.5. The largest absolute Gasteiger partial charge is 0.478 e. The number of hydrogen-bond acceptors (Lipinski definition) is 4. The molecular weight excluding hydrogens is 315 g/mol. The van der Waals surface area contributed by atoms with Gasteiger partial charge in [0.1, 0.15) is 11.9 Å². The number of rotatable bonds is 6. The van der Waals surface area contributed by atoms with Gasteiger partial charge in [-0.25, -0.2) is 31.1 Å². The first-order valence-electron chi connectivity index (χ1n) is 5.55. The van der Waals surface area contributed by atoms with Crippen LogP contribution in [0.25, 0.3) is 0 Å². The number of aliphatic hydroxyl groups excluding tert-OH is 1. The van der Waals surface area contributed by atoms with Gasteiger partial charge in [0.2, 0.25) is 10.0 Å². The summed E-state index contributed by atoms with van der Waals surface area (Å²) in [7, 11) is -4.36. The molecule has 1 atom stereocenters. The van der Waals surface area contributed by atoms with Gasteiger partial charge in [-0.1, -0.05) is 0 Å². The summed E-state index contributed by atoms with van der Waals surface area (Å²) in [5.41, 5.74) is -1.09. The van der Waals surface area contributed by atoms with Gasteiger partial charge in [0.05, 0.1) is 10.5 Å². The van der Waals surface area contributed by atoms with Crippen LogP contribution in [-0.2, 0) is 10.0 Å². The molecule has 1 aromatic carbocycles. The Kier molecular flexibility index (Phi) is 5.31. The Bertz CT molecular complexity index is 648. The van der Waals surface area contributed by atoms with E-state index in [0.29, 0.717) is 6.07 Å². The first-order valence-corrected chi connectivity index (χ1v) is 7.04. The van der Waals surface area contributed by atoms with Crippen molar-refractivity contribution >= 4 is 16.0 Å². The van der Waals surface area contributed by atoms with Gasteiger partial charge in [-0.3, -0.25) is 0 Å². The van der Waals surface area contributed by atoms with Crippen molar-refractivity contribution in [1.29, 1.82) is 0 Å². The highest BCUT2D eigenvalue weighted by atomic mass is 32.2. The minimum absolute atomic E-state index is 0.232. The van der Waals surface area contributed by atoms with Crippen molar-refractivity contribution in [3.63, 3.8) is 0 Å². The van der Waals surface area contributed by atoms with Crippen molar-refractivity contribution in [2.24, 2.45) is 0 Å². The zero-order valence-electron chi connectivity index (χ0n) is 10.7. The van der Waals surface area contributed by atoms with E-state index < -0.39 is 51.3 Å². The second-order valence-electron chi connectivity index (χ2n) is 4.16. The van der Waals surface area contributed by atoms with Crippen LogP contribution in [0.3, 0.4) is 0 Å². The van der Waals surface area contributed by atoms with Gasteiger partial charge in [-0.2, -0.15) is 0 Å². The zero-order valence-corrected chi connectivity index (χ0v) is 11.5. The predicted molar refractivity (Wildman–Crippen MR) is 65.3 cm³/mol. The Balaban J connectivity index is 3.12. The molecule has 0 aromatic heterocycles. The van der Waals surface area contributed by atoms with E-state index in [1.54, 1.807) is 4.72 Å². The van der Waals surface area contributed by atoms with Crippen LogP contribution in [-0.4, -0.2) is 43.7 Å². The number of sulfonamides is 1. The lowest BCUT2D eigenvalue weighted by Crippen LogP contribution is -2.36. The first kappa shape index (κ1) is 17.4. The van der Waals surface area contributed by atoms with E-state index in [1.165, 1.54) is 0 Å². The van der Waals surface area contributed by atoms with E-state index in [-0.39, 0.29) is 5.56 Å². The van der Waals surface area contributed by atoms with Gasteiger partial charge >= 0.3 is 5.97 Å². The number of carboxylic acids is 1. The van der Waals surface area contributed by atoms with E-state index in [9.17, 15) is 26.4 Å². The van der Waals surface area contributed by atoms with Gasteiger partial charge in [-0.15, -0.1) is 0 Å². The Morgan fingerprint density at radius 3 is 2.43 bits per heavy atom. The molecule has 0 aliphatic carbocycles. The molecule has 10 heteroatoms. The molecule has 6 nitrogen and oxygen atoms in total. The third kappa shape index (κ3) is 4.16. The summed E-state index contributed by atoms with van der Waals surface area (Å²) < 4.78 is 63.0. The Morgan fingerprint density at radius 1 is 1.38 bits per heavy atom. The SMILES string of the molecule is Cc1cc(S(=O)(=O)NCC(O)C(F)F)cc(C(=O)O)c1F. The highest BCUT2D eigenvalue weighted by molar-refractivity contribution is 7.89. The van der Waals surface area contributed by atoms with Gasteiger partial charge < -0.3 is 10.2 Å². The molecule has 21 heavy (non-hydrogen) atoms. The Morgan fingerprint density at radius 2 is 1.95 bits per heavy atom. The molecular formula is C11H12F3NO5S. The van der Waals surface area contributed by atoms with E-state index in [1.807, 2.05) is 0 Å². The summed E-state index contributed by atoms with van der Waals surface area (Å²) in [6.45, 7) is 0.202. The molecule has 1 unspecified atom stereocenters. The predicted octanol–water partition coefficient (Wildman–Crippen LogP) is 0.737. The van der Waals surface area contributed by atoms with Crippen molar-refractivity contribution in [3.05, 3.63) is 29.1 Å². The van der Waals surface area contributed by atoms with Crippen molar-refractivity contribution in [1.82, 2.24) is 4.72 Å².